The van der Waals surface area contributed by atoms with Gasteiger partial charge in [-0.15, -0.1) is 0 Å². The molecule has 1 aliphatic heterocycles. The van der Waals surface area contributed by atoms with Crippen molar-refractivity contribution in [2.24, 2.45) is 0 Å². The summed E-state index contributed by atoms with van der Waals surface area (Å²) in [6, 6.07) is 17.5. The average Bonchev–Trinajstić information content (AvgIpc) is 3.08. The fraction of sp³-hybridized carbons (Fsp3) is 0.0800. The van der Waals surface area contributed by atoms with Gasteiger partial charge >= 0.3 is 5.97 Å². The molecule has 0 spiro atoms. The average molecular weight is 589 g/mol. The summed E-state index contributed by atoms with van der Waals surface area (Å²) in [6.07, 6.45) is 1.57. The van der Waals surface area contributed by atoms with Crippen LogP contribution in [-0.4, -0.2) is 29.1 Å². The van der Waals surface area contributed by atoms with Gasteiger partial charge in [0.05, 0.1) is 24.1 Å². The van der Waals surface area contributed by atoms with Gasteiger partial charge in [0.15, 0.2) is 11.5 Å². The van der Waals surface area contributed by atoms with Crippen molar-refractivity contribution >= 4 is 57.5 Å². The van der Waals surface area contributed by atoms with Crippen molar-refractivity contribution < 1.29 is 28.2 Å². The standard InChI is InChI=1S/C25H17FINO5S/c1-32-21-12-16(8-11-20(21)33-24(30)18-4-2-3-5-19(18)27)13-22-23(29)28(25(31)34-22)14-15-6-9-17(26)10-7-15/h2-13H,14H2,1H3/b22-13-. The van der Waals surface area contributed by atoms with Crippen molar-refractivity contribution in [3.05, 3.63) is 97.7 Å². The van der Waals surface area contributed by atoms with Crippen molar-refractivity contribution in [2.45, 2.75) is 6.54 Å². The van der Waals surface area contributed by atoms with Gasteiger partial charge in [-0.1, -0.05) is 30.3 Å². The van der Waals surface area contributed by atoms with Crippen LogP contribution in [-0.2, 0) is 11.3 Å². The zero-order chi connectivity index (χ0) is 24.2. The highest BCUT2D eigenvalue weighted by Crippen LogP contribution is 2.35. The highest BCUT2D eigenvalue weighted by atomic mass is 127. The third kappa shape index (κ3) is 5.31. The zero-order valence-electron chi connectivity index (χ0n) is 17.8. The van der Waals surface area contributed by atoms with Gasteiger partial charge in [0.2, 0.25) is 0 Å². The van der Waals surface area contributed by atoms with Gasteiger partial charge in [0.1, 0.15) is 5.82 Å². The van der Waals surface area contributed by atoms with Crippen molar-refractivity contribution in [3.8, 4) is 11.5 Å². The number of carbonyl (C=O) groups excluding carboxylic acids is 3. The summed E-state index contributed by atoms with van der Waals surface area (Å²) < 4.78 is 24.8. The molecule has 1 aliphatic rings. The molecule has 4 rings (SSSR count). The predicted molar refractivity (Wildman–Crippen MR) is 135 cm³/mol. The molecule has 0 atom stereocenters. The van der Waals surface area contributed by atoms with E-state index in [0.29, 0.717) is 22.4 Å². The minimum atomic E-state index is -0.516. The minimum Gasteiger partial charge on any atom is -0.493 e. The third-order valence-corrected chi connectivity index (χ3v) is 6.76. The molecule has 0 bridgehead atoms. The van der Waals surface area contributed by atoms with E-state index in [2.05, 4.69) is 22.6 Å². The third-order valence-electron chi connectivity index (χ3n) is 4.91. The second kappa shape index (κ2) is 10.4. The van der Waals surface area contributed by atoms with E-state index in [1.165, 1.54) is 31.4 Å². The van der Waals surface area contributed by atoms with Gasteiger partial charge in [-0.2, -0.15) is 0 Å². The van der Waals surface area contributed by atoms with Gasteiger partial charge in [0, 0.05) is 3.57 Å². The molecule has 0 aliphatic carbocycles. The number of amides is 2. The smallest absolute Gasteiger partial charge is 0.344 e. The Morgan fingerprint density at radius 2 is 1.79 bits per heavy atom. The molecule has 3 aromatic carbocycles. The number of thioether (sulfide) groups is 1. The topological polar surface area (TPSA) is 72.9 Å². The Labute approximate surface area is 212 Å². The van der Waals surface area contributed by atoms with Crippen LogP contribution in [0.4, 0.5) is 9.18 Å². The lowest BCUT2D eigenvalue weighted by Crippen LogP contribution is -2.27. The maximum Gasteiger partial charge on any atom is 0.344 e. The number of benzene rings is 3. The molecule has 0 N–H and O–H groups in total. The lowest BCUT2D eigenvalue weighted by Gasteiger charge is -2.12. The highest BCUT2D eigenvalue weighted by Gasteiger charge is 2.35. The van der Waals surface area contributed by atoms with Gasteiger partial charge < -0.3 is 9.47 Å². The van der Waals surface area contributed by atoms with Crippen LogP contribution >= 0.6 is 34.4 Å². The molecule has 172 valence electrons. The van der Waals surface area contributed by atoms with Crippen LogP contribution in [0.1, 0.15) is 21.5 Å². The SMILES string of the molecule is COc1cc(/C=C2\SC(=O)N(Cc3ccc(F)cc3)C2=O)ccc1OC(=O)c1ccccc1I. The first-order chi connectivity index (χ1) is 16.4. The summed E-state index contributed by atoms with van der Waals surface area (Å²) in [5.41, 5.74) is 1.67. The Morgan fingerprint density at radius 1 is 1.06 bits per heavy atom. The highest BCUT2D eigenvalue weighted by molar-refractivity contribution is 14.1. The second-order valence-electron chi connectivity index (χ2n) is 7.17. The maximum absolute atomic E-state index is 13.1. The molecule has 0 aromatic heterocycles. The summed E-state index contributed by atoms with van der Waals surface area (Å²) in [7, 11) is 1.44. The maximum atomic E-state index is 13.1. The largest absolute Gasteiger partial charge is 0.493 e. The van der Waals surface area contributed by atoms with Crippen LogP contribution in [0.25, 0.3) is 6.08 Å². The van der Waals surface area contributed by atoms with Crippen LogP contribution in [0.15, 0.2) is 71.6 Å². The number of halogens is 2. The quantitative estimate of drug-likeness (QED) is 0.155. The van der Waals surface area contributed by atoms with Gasteiger partial charge in [-0.25, -0.2) is 9.18 Å². The van der Waals surface area contributed by atoms with Crippen LogP contribution in [0.5, 0.6) is 11.5 Å². The van der Waals surface area contributed by atoms with Gasteiger partial charge in [-0.3, -0.25) is 14.5 Å². The molecule has 1 heterocycles. The van der Waals surface area contributed by atoms with Gasteiger partial charge in [0.25, 0.3) is 11.1 Å². The molecule has 9 heteroatoms. The number of hydrogen-bond donors (Lipinski definition) is 0. The molecule has 3 aromatic rings. The number of esters is 1. The normalized spacial score (nSPS) is 14.6. The van der Waals surface area contributed by atoms with E-state index in [4.69, 9.17) is 9.47 Å². The van der Waals surface area contributed by atoms with Crippen LogP contribution in [0.3, 0.4) is 0 Å². The fourth-order valence-electron chi connectivity index (χ4n) is 3.20. The fourth-order valence-corrected chi connectivity index (χ4v) is 4.65. The lowest BCUT2D eigenvalue weighted by molar-refractivity contribution is -0.123. The van der Waals surface area contributed by atoms with E-state index in [-0.39, 0.29) is 23.0 Å². The molecule has 34 heavy (non-hydrogen) atoms. The Hall–Kier alpha value is -3.18. The van der Waals surface area contributed by atoms with Crippen molar-refractivity contribution in [3.63, 3.8) is 0 Å². The summed E-state index contributed by atoms with van der Waals surface area (Å²) in [5.74, 6) is -0.808. The number of rotatable bonds is 6. The van der Waals surface area contributed by atoms with Crippen molar-refractivity contribution in [1.29, 1.82) is 0 Å². The molecular formula is C25H17FINO5S. The van der Waals surface area contributed by atoms with Gasteiger partial charge in [-0.05, 0) is 88.0 Å². The predicted octanol–water partition coefficient (Wildman–Crippen LogP) is 5.89. The number of imide groups is 1. The Bertz CT molecular complexity index is 1310. The number of hydrogen-bond acceptors (Lipinski definition) is 6. The van der Waals surface area contributed by atoms with E-state index in [1.807, 2.05) is 6.07 Å². The molecule has 1 fully saturated rings. The number of ether oxygens (including phenoxy) is 2. The molecule has 1 saturated heterocycles. The first-order valence-corrected chi connectivity index (χ1v) is 11.9. The van der Waals surface area contributed by atoms with Crippen LogP contribution < -0.4 is 9.47 Å². The number of methoxy groups -OCH3 is 1. The monoisotopic (exact) mass is 589 g/mol. The van der Waals surface area contributed by atoms with Crippen molar-refractivity contribution in [2.75, 3.05) is 7.11 Å². The number of carbonyl (C=O) groups is 3. The summed E-state index contributed by atoms with van der Waals surface area (Å²) in [6.45, 7) is 0.0543. The zero-order valence-corrected chi connectivity index (χ0v) is 20.8. The molecule has 0 radical (unpaired) electrons. The molecule has 0 unspecified atom stereocenters. The first kappa shape index (κ1) is 24.0. The minimum absolute atomic E-state index is 0.0543. The molecule has 0 saturated carbocycles. The first-order valence-electron chi connectivity index (χ1n) is 10.0. The van der Waals surface area contributed by atoms with Crippen LogP contribution in [0.2, 0.25) is 0 Å². The summed E-state index contributed by atoms with van der Waals surface area (Å²) in [4.78, 5) is 39.1. The van der Waals surface area contributed by atoms with E-state index in [9.17, 15) is 18.8 Å². The second-order valence-corrected chi connectivity index (χ2v) is 9.33. The Kier molecular flexibility index (Phi) is 7.32. The molecule has 6 nitrogen and oxygen atoms in total. The Balaban J connectivity index is 1.52. The molecular weight excluding hydrogens is 572 g/mol. The summed E-state index contributed by atoms with van der Waals surface area (Å²) >= 11 is 2.88. The van der Waals surface area contributed by atoms with E-state index in [1.54, 1.807) is 42.5 Å². The van der Waals surface area contributed by atoms with Crippen LogP contribution in [0, 0.1) is 9.39 Å². The number of nitrogens with zero attached hydrogens (tertiary/aromatic N) is 1. The van der Waals surface area contributed by atoms with E-state index < -0.39 is 17.1 Å². The molecule has 2 amide bonds. The Morgan fingerprint density at radius 3 is 2.50 bits per heavy atom. The van der Waals surface area contributed by atoms with E-state index in [0.717, 1.165) is 20.2 Å². The summed E-state index contributed by atoms with van der Waals surface area (Å²) in [5, 5.41) is -0.407. The van der Waals surface area contributed by atoms with E-state index >= 15 is 0 Å². The lowest BCUT2D eigenvalue weighted by atomic mass is 10.1. The van der Waals surface area contributed by atoms with Crippen molar-refractivity contribution in [1.82, 2.24) is 4.90 Å².